The molecule has 1 aliphatic heterocycles. The molecular formula is C30H31FN6O. The summed E-state index contributed by atoms with van der Waals surface area (Å²) >= 11 is 0. The van der Waals surface area contributed by atoms with Crippen LogP contribution in [0.15, 0.2) is 54.9 Å². The molecule has 0 saturated heterocycles. The zero-order chi connectivity index (χ0) is 26.2. The van der Waals surface area contributed by atoms with Gasteiger partial charge in [-0.1, -0.05) is 31.0 Å². The number of nitrogens with one attached hydrogen (secondary N) is 1. The number of amides is 1. The smallest absolute Gasteiger partial charge is 0.260 e. The van der Waals surface area contributed by atoms with E-state index in [4.69, 9.17) is 4.98 Å². The lowest BCUT2D eigenvalue weighted by Crippen LogP contribution is -2.25. The second-order valence-corrected chi connectivity index (χ2v) is 10.5. The van der Waals surface area contributed by atoms with Crippen molar-refractivity contribution in [3.05, 3.63) is 83.1 Å². The molecule has 2 aromatic heterocycles. The average molecular weight is 511 g/mol. The summed E-state index contributed by atoms with van der Waals surface area (Å²) < 4.78 is 16.0. The molecule has 0 unspecified atom stereocenters. The SMILES string of the molecule is Cc1cc(CNCC2CCCC2)cc(N2Cc3ccc(-c4ccc(F)cc4-c4nncn4C)cc3C2=O)n1. The second kappa shape index (κ2) is 10.1. The number of hydrogen-bond acceptors (Lipinski definition) is 5. The normalized spacial score (nSPS) is 15.4. The van der Waals surface area contributed by atoms with Gasteiger partial charge < -0.3 is 9.88 Å². The van der Waals surface area contributed by atoms with E-state index < -0.39 is 0 Å². The molecule has 1 N–H and O–H groups in total. The summed E-state index contributed by atoms with van der Waals surface area (Å²) in [7, 11) is 1.82. The van der Waals surface area contributed by atoms with Crippen LogP contribution < -0.4 is 10.2 Å². The van der Waals surface area contributed by atoms with Gasteiger partial charge in [0.15, 0.2) is 5.82 Å². The van der Waals surface area contributed by atoms with E-state index in [9.17, 15) is 9.18 Å². The monoisotopic (exact) mass is 510 g/mol. The molecule has 0 spiro atoms. The summed E-state index contributed by atoms with van der Waals surface area (Å²) in [5, 5.41) is 11.7. The van der Waals surface area contributed by atoms with Crippen molar-refractivity contribution in [1.29, 1.82) is 0 Å². The van der Waals surface area contributed by atoms with Crippen molar-refractivity contribution in [1.82, 2.24) is 25.1 Å². The highest BCUT2D eigenvalue weighted by Crippen LogP contribution is 2.35. The minimum absolute atomic E-state index is 0.0767. The molecule has 0 atom stereocenters. The Labute approximate surface area is 221 Å². The molecule has 4 aromatic rings. The summed E-state index contributed by atoms with van der Waals surface area (Å²) in [6.45, 7) is 4.24. The van der Waals surface area contributed by atoms with E-state index >= 15 is 0 Å². The van der Waals surface area contributed by atoms with Crippen LogP contribution in [-0.2, 0) is 20.1 Å². The summed E-state index contributed by atoms with van der Waals surface area (Å²) in [5.74, 6) is 1.58. The number of aryl methyl sites for hydroxylation is 2. The summed E-state index contributed by atoms with van der Waals surface area (Å²) in [5.41, 5.74) is 5.86. The molecule has 2 aliphatic rings. The number of pyridine rings is 1. The van der Waals surface area contributed by atoms with E-state index in [1.54, 1.807) is 21.9 Å². The van der Waals surface area contributed by atoms with Crippen molar-refractivity contribution in [3.63, 3.8) is 0 Å². The molecule has 8 heteroatoms. The summed E-state index contributed by atoms with van der Waals surface area (Å²) in [4.78, 5) is 20.0. The lowest BCUT2D eigenvalue weighted by molar-refractivity contribution is 0.0996. The third-order valence-electron chi connectivity index (χ3n) is 7.67. The van der Waals surface area contributed by atoms with E-state index in [1.807, 2.05) is 38.2 Å². The van der Waals surface area contributed by atoms with Crippen LogP contribution in [-0.4, -0.2) is 32.2 Å². The predicted octanol–water partition coefficient (Wildman–Crippen LogP) is 5.43. The van der Waals surface area contributed by atoms with Gasteiger partial charge in [0, 0.05) is 30.4 Å². The van der Waals surface area contributed by atoms with Gasteiger partial charge in [0.1, 0.15) is 18.0 Å². The first kappa shape index (κ1) is 24.4. The molecule has 1 amide bonds. The van der Waals surface area contributed by atoms with Crippen LogP contribution in [0.1, 0.15) is 52.9 Å². The number of aromatic nitrogens is 4. The second-order valence-electron chi connectivity index (χ2n) is 10.5. The number of anilines is 1. The third kappa shape index (κ3) is 4.72. The molecular weight excluding hydrogens is 479 g/mol. The number of carbonyl (C=O) groups is 1. The highest BCUT2D eigenvalue weighted by atomic mass is 19.1. The maximum Gasteiger partial charge on any atom is 0.260 e. The van der Waals surface area contributed by atoms with Crippen LogP contribution >= 0.6 is 0 Å². The van der Waals surface area contributed by atoms with Crippen molar-refractivity contribution in [2.24, 2.45) is 13.0 Å². The van der Waals surface area contributed by atoms with E-state index in [-0.39, 0.29) is 11.7 Å². The molecule has 38 heavy (non-hydrogen) atoms. The van der Waals surface area contributed by atoms with Crippen molar-refractivity contribution in [3.8, 4) is 22.5 Å². The number of nitrogens with zero attached hydrogens (tertiary/aromatic N) is 5. The van der Waals surface area contributed by atoms with Gasteiger partial charge in [-0.3, -0.25) is 9.69 Å². The Balaban J connectivity index is 1.26. The third-order valence-corrected chi connectivity index (χ3v) is 7.67. The maximum absolute atomic E-state index is 14.2. The Bertz CT molecular complexity index is 1510. The Hall–Kier alpha value is -3.91. The van der Waals surface area contributed by atoms with Gasteiger partial charge in [-0.25, -0.2) is 9.37 Å². The first-order valence-electron chi connectivity index (χ1n) is 13.2. The van der Waals surface area contributed by atoms with Crippen LogP contribution in [0, 0.1) is 18.7 Å². The number of carbonyl (C=O) groups excluding carboxylic acids is 1. The standard InChI is InChI=1S/C30H31FN6O/c1-19-11-21(16-32-15-20-5-3-4-6-20)12-28(34-19)37-17-23-8-7-22(13-26(23)30(37)38)25-10-9-24(31)14-27(25)29-35-33-18-36(29)2/h7-14,18,20,32H,3-6,15-17H2,1-2H3. The van der Waals surface area contributed by atoms with Gasteiger partial charge in [-0.15, -0.1) is 10.2 Å². The summed E-state index contributed by atoms with van der Waals surface area (Å²) in [6, 6.07) is 14.6. The van der Waals surface area contributed by atoms with Crippen LogP contribution in [0.4, 0.5) is 10.2 Å². The summed E-state index contributed by atoms with van der Waals surface area (Å²) in [6.07, 6.45) is 6.89. The number of hydrogen-bond donors (Lipinski definition) is 1. The van der Waals surface area contributed by atoms with Crippen LogP contribution in [0.5, 0.6) is 0 Å². The zero-order valence-electron chi connectivity index (χ0n) is 21.7. The Kier molecular flexibility index (Phi) is 6.49. The van der Waals surface area contributed by atoms with Gasteiger partial charge in [0.05, 0.1) is 6.54 Å². The molecule has 7 nitrogen and oxygen atoms in total. The molecule has 6 rings (SSSR count). The lowest BCUT2D eigenvalue weighted by atomic mass is 9.96. The zero-order valence-corrected chi connectivity index (χ0v) is 21.7. The topological polar surface area (TPSA) is 75.9 Å². The van der Waals surface area contributed by atoms with E-state index in [0.717, 1.165) is 47.0 Å². The fourth-order valence-electron chi connectivity index (χ4n) is 5.73. The van der Waals surface area contributed by atoms with Gasteiger partial charge >= 0.3 is 0 Å². The van der Waals surface area contributed by atoms with E-state index in [2.05, 4.69) is 21.6 Å². The molecule has 1 aliphatic carbocycles. The first-order chi connectivity index (χ1) is 18.5. The Morgan fingerprint density at radius 1 is 1.03 bits per heavy atom. The molecule has 194 valence electrons. The van der Waals surface area contributed by atoms with Gasteiger partial charge in [-0.2, -0.15) is 0 Å². The molecule has 1 fully saturated rings. The number of rotatable bonds is 7. The predicted molar refractivity (Wildman–Crippen MR) is 145 cm³/mol. The molecule has 0 bridgehead atoms. The minimum atomic E-state index is -0.353. The first-order valence-corrected chi connectivity index (χ1v) is 13.2. The van der Waals surface area contributed by atoms with Gasteiger partial charge in [-0.05, 0) is 84.8 Å². The Morgan fingerprint density at radius 2 is 1.87 bits per heavy atom. The van der Waals surface area contributed by atoms with Gasteiger partial charge in [0.25, 0.3) is 5.91 Å². The van der Waals surface area contributed by atoms with Crippen molar-refractivity contribution >= 4 is 11.7 Å². The van der Waals surface area contributed by atoms with Crippen LogP contribution in [0.25, 0.3) is 22.5 Å². The Morgan fingerprint density at radius 3 is 2.66 bits per heavy atom. The van der Waals surface area contributed by atoms with Crippen molar-refractivity contribution in [2.75, 3.05) is 11.4 Å². The fraction of sp³-hybridized carbons (Fsp3) is 0.333. The van der Waals surface area contributed by atoms with E-state index in [0.29, 0.717) is 29.3 Å². The molecule has 3 heterocycles. The van der Waals surface area contributed by atoms with Crippen LogP contribution in [0.2, 0.25) is 0 Å². The minimum Gasteiger partial charge on any atom is -0.317 e. The molecule has 1 saturated carbocycles. The number of halogens is 1. The number of fused-ring (bicyclic) bond motifs is 1. The van der Waals surface area contributed by atoms with Crippen LogP contribution in [0.3, 0.4) is 0 Å². The highest BCUT2D eigenvalue weighted by molar-refractivity contribution is 6.10. The molecule has 2 aromatic carbocycles. The number of benzene rings is 2. The lowest BCUT2D eigenvalue weighted by Gasteiger charge is -2.17. The fourth-order valence-corrected chi connectivity index (χ4v) is 5.73. The largest absolute Gasteiger partial charge is 0.317 e. The van der Waals surface area contributed by atoms with Crippen molar-refractivity contribution < 1.29 is 9.18 Å². The average Bonchev–Trinajstić information content (AvgIpc) is 3.65. The van der Waals surface area contributed by atoms with Crippen molar-refractivity contribution in [2.45, 2.75) is 45.7 Å². The molecule has 0 radical (unpaired) electrons. The van der Waals surface area contributed by atoms with E-state index in [1.165, 1.54) is 37.8 Å². The van der Waals surface area contributed by atoms with Gasteiger partial charge in [0.2, 0.25) is 0 Å². The quantitative estimate of drug-likeness (QED) is 0.359. The maximum atomic E-state index is 14.2. The highest BCUT2D eigenvalue weighted by Gasteiger charge is 2.30.